The van der Waals surface area contributed by atoms with E-state index in [0.29, 0.717) is 18.0 Å². The molecule has 1 aromatic heterocycles. The standard InChI is InChI=1S/C12H12ClN3O4/c1-19-10-4-2-3-5-11(10)20-7-6-15-8-9(13)12(14-15)16(17)18/h2-5,8H,6-7H2,1H3. The van der Waals surface area contributed by atoms with Gasteiger partial charge in [-0.3, -0.25) is 0 Å². The molecule has 0 radical (unpaired) electrons. The molecule has 1 aromatic carbocycles. The average molecular weight is 298 g/mol. The fourth-order valence-electron chi connectivity index (χ4n) is 1.61. The number of rotatable bonds is 6. The van der Waals surface area contributed by atoms with E-state index < -0.39 is 4.92 Å². The predicted molar refractivity (Wildman–Crippen MR) is 72.4 cm³/mol. The third kappa shape index (κ3) is 3.18. The Morgan fingerprint density at radius 2 is 2.10 bits per heavy atom. The lowest BCUT2D eigenvalue weighted by Gasteiger charge is -2.09. The second kappa shape index (κ2) is 6.25. The van der Waals surface area contributed by atoms with E-state index in [1.54, 1.807) is 19.2 Å². The Hall–Kier alpha value is -2.28. The minimum absolute atomic E-state index is 0.00675. The summed E-state index contributed by atoms with van der Waals surface area (Å²) in [5.74, 6) is 0.865. The van der Waals surface area contributed by atoms with E-state index in [0.717, 1.165) is 0 Å². The fourth-order valence-corrected chi connectivity index (χ4v) is 1.83. The molecule has 106 valence electrons. The third-order valence-electron chi connectivity index (χ3n) is 2.52. The van der Waals surface area contributed by atoms with E-state index in [2.05, 4.69) is 5.10 Å². The second-order valence-corrected chi connectivity index (χ2v) is 4.23. The molecule has 0 aliphatic heterocycles. The molecule has 0 aliphatic carbocycles. The summed E-state index contributed by atoms with van der Waals surface area (Å²) in [7, 11) is 1.55. The quantitative estimate of drug-likeness (QED) is 0.604. The molecule has 0 bridgehead atoms. The van der Waals surface area contributed by atoms with E-state index >= 15 is 0 Å². The van der Waals surface area contributed by atoms with Crippen LogP contribution in [0.5, 0.6) is 11.5 Å². The molecule has 0 aliphatic rings. The molecule has 0 unspecified atom stereocenters. The summed E-state index contributed by atoms with van der Waals surface area (Å²) in [5.41, 5.74) is 0. The SMILES string of the molecule is COc1ccccc1OCCn1cc(Cl)c([N+](=O)[O-])n1. The smallest absolute Gasteiger partial charge is 0.408 e. The molecule has 0 saturated heterocycles. The van der Waals surface area contributed by atoms with Crippen LogP contribution >= 0.6 is 11.6 Å². The Labute approximate surface area is 119 Å². The monoisotopic (exact) mass is 297 g/mol. The highest BCUT2D eigenvalue weighted by atomic mass is 35.5. The fraction of sp³-hybridized carbons (Fsp3) is 0.250. The Morgan fingerprint density at radius 3 is 2.70 bits per heavy atom. The predicted octanol–water partition coefficient (Wildman–Crippen LogP) is 2.53. The molecule has 0 saturated carbocycles. The van der Waals surface area contributed by atoms with Crippen LogP contribution < -0.4 is 9.47 Å². The largest absolute Gasteiger partial charge is 0.493 e. The third-order valence-corrected chi connectivity index (χ3v) is 2.79. The minimum Gasteiger partial charge on any atom is -0.493 e. The highest BCUT2D eigenvalue weighted by Crippen LogP contribution is 2.26. The Balaban J connectivity index is 1.96. The van der Waals surface area contributed by atoms with Gasteiger partial charge in [0.2, 0.25) is 0 Å². The maximum atomic E-state index is 10.6. The number of methoxy groups -OCH3 is 1. The first-order valence-electron chi connectivity index (χ1n) is 5.75. The van der Waals surface area contributed by atoms with Gasteiger partial charge in [-0.2, -0.15) is 4.68 Å². The van der Waals surface area contributed by atoms with E-state index in [1.807, 2.05) is 12.1 Å². The van der Waals surface area contributed by atoms with Crippen LogP contribution in [0.4, 0.5) is 5.82 Å². The minimum atomic E-state index is -0.625. The van der Waals surface area contributed by atoms with Gasteiger partial charge in [0.15, 0.2) is 16.5 Å². The topological polar surface area (TPSA) is 79.4 Å². The molecule has 20 heavy (non-hydrogen) atoms. The number of halogens is 1. The van der Waals surface area contributed by atoms with Crippen LogP contribution in [0.25, 0.3) is 0 Å². The van der Waals surface area contributed by atoms with Crippen molar-refractivity contribution in [3.8, 4) is 11.5 Å². The summed E-state index contributed by atoms with van der Waals surface area (Å²) < 4.78 is 12.1. The lowest BCUT2D eigenvalue weighted by molar-refractivity contribution is -0.389. The molecule has 7 nitrogen and oxygen atoms in total. The first-order chi connectivity index (χ1) is 9.61. The first-order valence-corrected chi connectivity index (χ1v) is 6.12. The number of hydrogen-bond donors (Lipinski definition) is 0. The van der Waals surface area contributed by atoms with Crippen molar-refractivity contribution in [1.29, 1.82) is 0 Å². The van der Waals surface area contributed by atoms with Gasteiger partial charge in [0, 0.05) is 0 Å². The van der Waals surface area contributed by atoms with Crippen molar-refractivity contribution in [2.75, 3.05) is 13.7 Å². The Morgan fingerprint density at radius 1 is 1.40 bits per heavy atom. The summed E-state index contributed by atoms with van der Waals surface area (Å²) >= 11 is 5.70. The number of para-hydroxylation sites is 2. The second-order valence-electron chi connectivity index (χ2n) is 3.82. The Kier molecular flexibility index (Phi) is 4.41. The lowest BCUT2D eigenvalue weighted by Crippen LogP contribution is -2.09. The summed E-state index contributed by atoms with van der Waals surface area (Å²) in [5, 5.41) is 14.4. The molecular weight excluding hydrogens is 286 g/mol. The van der Waals surface area contributed by atoms with Crippen molar-refractivity contribution in [2.24, 2.45) is 0 Å². The highest BCUT2D eigenvalue weighted by molar-refractivity contribution is 6.32. The maximum Gasteiger partial charge on any atom is 0.408 e. The van der Waals surface area contributed by atoms with Crippen molar-refractivity contribution >= 4 is 17.4 Å². The van der Waals surface area contributed by atoms with Gasteiger partial charge >= 0.3 is 5.82 Å². The van der Waals surface area contributed by atoms with Crippen molar-refractivity contribution < 1.29 is 14.4 Å². The summed E-state index contributed by atoms with van der Waals surface area (Å²) in [6, 6.07) is 7.22. The number of hydrogen-bond acceptors (Lipinski definition) is 5. The summed E-state index contributed by atoms with van der Waals surface area (Å²) in [6.07, 6.45) is 1.39. The van der Waals surface area contributed by atoms with Crippen LogP contribution in [0.3, 0.4) is 0 Å². The molecule has 0 N–H and O–H groups in total. The molecule has 0 atom stereocenters. The van der Waals surface area contributed by atoms with Gasteiger partial charge < -0.3 is 19.6 Å². The van der Waals surface area contributed by atoms with Crippen molar-refractivity contribution in [2.45, 2.75) is 6.54 Å². The summed E-state index contributed by atoms with van der Waals surface area (Å²) in [6.45, 7) is 0.626. The normalized spacial score (nSPS) is 10.3. The van der Waals surface area contributed by atoms with E-state index in [4.69, 9.17) is 21.1 Å². The van der Waals surface area contributed by atoms with Crippen LogP contribution in [0.15, 0.2) is 30.5 Å². The molecule has 2 rings (SSSR count). The lowest BCUT2D eigenvalue weighted by atomic mass is 10.3. The molecule has 0 spiro atoms. The molecule has 0 fully saturated rings. The zero-order valence-electron chi connectivity index (χ0n) is 10.7. The average Bonchev–Trinajstić information content (AvgIpc) is 2.80. The van der Waals surface area contributed by atoms with Crippen LogP contribution in [-0.4, -0.2) is 28.4 Å². The maximum absolute atomic E-state index is 10.6. The zero-order valence-corrected chi connectivity index (χ0v) is 11.4. The van der Waals surface area contributed by atoms with Crippen molar-refractivity contribution in [3.05, 3.63) is 45.6 Å². The number of nitrogens with zero attached hydrogens (tertiary/aromatic N) is 3. The van der Waals surface area contributed by atoms with E-state index in [1.165, 1.54) is 10.9 Å². The Bertz CT molecular complexity index is 614. The van der Waals surface area contributed by atoms with E-state index in [9.17, 15) is 10.1 Å². The molecular formula is C12H12ClN3O4. The van der Waals surface area contributed by atoms with E-state index in [-0.39, 0.29) is 17.4 Å². The molecule has 0 amide bonds. The highest BCUT2D eigenvalue weighted by Gasteiger charge is 2.18. The van der Waals surface area contributed by atoms with Crippen molar-refractivity contribution in [3.63, 3.8) is 0 Å². The van der Waals surface area contributed by atoms with Gasteiger partial charge in [0.1, 0.15) is 6.61 Å². The van der Waals surface area contributed by atoms with Gasteiger partial charge in [0.25, 0.3) is 0 Å². The van der Waals surface area contributed by atoms with Gasteiger partial charge in [-0.15, -0.1) is 0 Å². The van der Waals surface area contributed by atoms with Crippen molar-refractivity contribution in [1.82, 2.24) is 9.78 Å². The van der Waals surface area contributed by atoms with Gasteiger partial charge in [-0.05, 0) is 17.1 Å². The molecule has 2 aromatic rings. The molecule has 1 heterocycles. The molecule has 8 heteroatoms. The number of aromatic nitrogens is 2. The number of nitro groups is 1. The van der Waals surface area contributed by atoms with Gasteiger partial charge in [0.05, 0.1) is 25.0 Å². The van der Waals surface area contributed by atoms with Crippen LogP contribution in [0, 0.1) is 10.1 Å². The number of ether oxygens (including phenoxy) is 2. The first kappa shape index (κ1) is 14.1. The van der Waals surface area contributed by atoms with Crippen LogP contribution in [0.2, 0.25) is 5.02 Å². The van der Waals surface area contributed by atoms with Crippen LogP contribution in [0.1, 0.15) is 0 Å². The van der Waals surface area contributed by atoms with Gasteiger partial charge in [-0.25, -0.2) is 0 Å². The zero-order chi connectivity index (χ0) is 14.5. The van der Waals surface area contributed by atoms with Gasteiger partial charge in [-0.1, -0.05) is 23.7 Å². The summed E-state index contributed by atoms with van der Waals surface area (Å²) in [4.78, 5) is 9.99. The van der Waals surface area contributed by atoms with Crippen LogP contribution in [-0.2, 0) is 6.54 Å². The number of benzene rings is 1.